The maximum atomic E-state index is 12.3. The summed E-state index contributed by atoms with van der Waals surface area (Å²) in [7, 11) is 0. The van der Waals surface area contributed by atoms with Crippen LogP contribution in [0.3, 0.4) is 0 Å². The van der Waals surface area contributed by atoms with Crippen LogP contribution in [0.15, 0.2) is 129 Å². The Morgan fingerprint density at radius 2 is 1.21 bits per heavy atom. The minimum Gasteiger partial charge on any atom is -0.403 e. The van der Waals surface area contributed by atoms with Crippen LogP contribution in [-0.2, 0) is 0 Å². The van der Waals surface area contributed by atoms with Gasteiger partial charge in [0, 0.05) is 31.0 Å². The van der Waals surface area contributed by atoms with Gasteiger partial charge in [-0.15, -0.1) is 0 Å². The highest BCUT2D eigenvalue weighted by Crippen LogP contribution is 2.25. The monoisotopic (exact) mass is 624 g/mol. The normalized spacial score (nSPS) is 10.8. The van der Waals surface area contributed by atoms with Crippen LogP contribution in [-0.4, -0.2) is 39.0 Å². The molecule has 8 rings (SSSR count). The Morgan fingerprint density at radius 1 is 0.617 bits per heavy atom. The first-order valence-corrected chi connectivity index (χ1v) is 14.2. The molecule has 0 spiro atoms. The number of fused-ring (bicyclic) bond motifs is 2. The summed E-state index contributed by atoms with van der Waals surface area (Å²) in [5.41, 5.74) is 3.22. The van der Waals surface area contributed by atoms with E-state index in [1.54, 1.807) is 77.0 Å². The molecule has 0 amide bonds. The van der Waals surface area contributed by atoms with Gasteiger partial charge in [0.15, 0.2) is 5.82 Å². The highest BCUT2D eigenvalue weighted by molar-refractivity contribution is 5.83. The number of hydrogen-bond donors (Lipinski definition) is 0. The maximum Gasteiger partial charge on any atom is 0.347 e. The lowest BCUT2D eigenvalue weighted by atomic mass is 10.1. The van der Waals surface area contributed by atoms with Crippen LogP contribution < -0.4 is 11.3 Å². The number of imidazole rings is 2. The molecule has 0 bridgehead atoms. The largest absolute Gasteiger partial charge is 0.403 e. The number of rotatable bonds is 4. The first-order chi connectivity index (χ1) is 22.5. The Bertz CT molecular complexity index is 2450. The molecule has 0 radical (unpaired) electrons. The molecule has 0 aliphatic carbocycles. The number of benzene rings is 2. The second-order valence-electron chi connectivity index (χ2n) is 10.2. The second kappa shape index (κ2) is 12.8. The van der Waals surface area contributed by atoms with Gasteiger partial charge in [0.25, 0.3) is 0 Å². The van der Waals surface area contributed by atoms with E-state index in [4.69, 9.17) is 8.83 Å². The number of nitrogens with zero attached hydrogens (tertiary/aromatic N) is 8. The Hall–Kier alpha value is -6.56. The van der Waals surface area contributed by atoms with E-state index in [1.165, 1.54) is 0 Å². The molecule has 12 nitrogen and oxygen atoms in total. The van der Waals surface area contributed by atoms with E-state index in [0.717, 1.165) is 11.1 Å². The van der Waals surface area contributed by atoms with Gasteiger partial charge in [0.1, 0.15) is 24.2 Å². The Balaban J connectivity index is 0.000000161. The molecule has 0 fully saturated rings. The molecular formula is C35H28N8O4. The van der Waals surface area contributed by atoms with E-state index in [2.05, 4.69) is 29.9 Å². The predicted molar refractivity (Wildman–Crippen MR) is 177 cm³/mol. The molecule has 0 unspecified atom stereocenters. The fraction of sp³-hybridized carbons (Fsp3) is 0.0857. The van der Waals surface area contributed by atoms with Crippen molar-refractivity contribution in [3.63, 3.8) is 0 Å². The van der Waals surface area contributed by atoms with Crippen LogP contribution in [0.25, 0.3) is 56.5 Å². The van der Waals surface area contributed by atoms with Crippen molar-refractivity contribution in [2.75, 3.05) is 0 Å². The molecule has 0 atom stereocenters. The van der Waals surface area contributed by atoms with E-state index < -0.39 is 11.3 Å². The van der Waals surface area contributed by atoms with Gasteiger partial charge in [0.05, 0.1) is 27.4 Å². The molecule has 8 aromatic rings. The van der Waals surface area contributed by atoms with Gasteiger partial charge in [-0.3, -0.25) is 9.13 Å². The molecule has 0 aliphatic heterocycles. The summed E-state index contributed by atoms with van der Waals surface area (Å²) in [6, 6.07) is 20.1. The van der Waals surface area contributed by atoms with Crippen molar-refractivity contribution in [1.29, 1.82) is 0 Å². The topological polar surface area (TPSA) is 148 Å². The molecule has 12 heteroatoms. The summed E-state index contributed by atoms with van der Waals surface area (Å²) in [5, 5.41) is 1.01. The molecule has 6 heterocycles. The lowest BCUT2D eigenvalue weighted by Gasteiger charge is -2.08. The quantitative estimate of drug-likeness (QED) is 0.224. The summed E-state index contributed by atoms with van der Waals surface area (Å²) in [4.78, 5) is 50.4. The molecule has 0 N–H and O–H groups in total. The molecule has 0 saturated heterocycles. The number of aromatic nitrogens is 8. The smallest absolute Gasteiger partial charge is 0.347 e. The fourth-order valence-electron chi connectivity index (χ4n) is 5.02. The Labute approximate surface area is 267 Å². The zero-order chi connectivity index (χ0) is 31.6. The standard InChI is InChI=1S/2C17H12N4O2.CH4/c1-11-4-2-6-13-14(11)17(22)23-16(20-13)12-5-3-7-19-15(12)21-9-8-18-10-21;1-11-4-2-5-12-15(11)17(22)23-16(20-12)13-6-3-7-14(19-13)21-9-8-18-10-21;/h2*2-10H,1H3;1H4. The molecule has 2 aromatic carbocycles. The average Bonchev–Trinajstić information content (AvgIpc) is 3.81. The van der Waals surface area contributed by atoms with Crippen LogP contribution in [0.4, 0.5) is 0 Å². The Morgan fingerprint density at radius 3 is 1.85 bits per heavy atom. The van der Waals surface area contributed by atoms with Crippen molar-refractivity contribution in [2.24, 2.45) is 0 Å². The number of aryl methyl sites for hydroxylation is 2. The van der Waals surface area contributed by atoms with E-state index in [1.807, 2.05) is 56.3 Å². The van der Waals surface area contributed by atoms with Crippen molar-refractivity contribution in [3.05, 3.63) is 142 Å². The van der Waals surface area contributed by atoms with Crippen molar-refractivity contribution in [3.8, 4) is 34.7 Å². The molecular weight excluding hydrogens is 596 g/mol. The molecule has 47 heavy (non-hydrogen) atoms. The first-order valence-electron chi connectivity index (χ1n) is 14.2. The summed E-state index contributed by atoms with van der Waals surface area (Å²) in [6.07, 6.45) is 11.8. The van der Waals surface area contributed by atoms with Crippen molar-refractivity contribution < 1.29 is 8.83 Å². The summed E-state index contributed by atoms with van der Waals surface area (Å²) >= 11 is 0. The molecule has 0 aliphatic rings. The van der Waals surface area contributed by atoms with Crippen LogP contribution in [0.5, 0.6) is 0 Å². The van der Waals surface area contributed by atoms with Crippen molar-refractivity contribution >= 4 is 21.8 Å². The van der Waals surface area contributed by atoms with E-state index >= 15 is 0 Å². The number of hydrogen-bond acceptors (Lipinski definition) is 10. The zero-order valence-corrected chi connectivity index (χ0v) is 24.6. The van der Waals surface area contributed by atoms with Crippen LogP contribution in [0, 0.1) is 13.8 Å². The van der Waals surface area contributed by atoms with Crippen LogP contribution in [0.1, 0.15) is 18.6 Å². The minimum atomic E-state index is -0.405. The summed E-state index contributed by atoms with van der Waals surface area (Å²) in [5.74, 6) is 1.72. The van der Waals surface area contributed by atoms with Crippen LogP contribution in [0.2, 0.25) is 0 Å². The van der Waals surface area contributed by atoms with Gasteiger partial charge in [0.2, 0.25) is 11.8 Å². The van der Waals surface area contributed by atoms with E-state index in [-0.39, 0.29) is 19.2 Å². The lowest BCUT2D eigenvalue weighted by Crippen LogP contribution is -2.06. The minimum absolute atomic E-state index is 0. The SMILES string of the molecule is C.Cc1cccc2nc(-c3cccc(-n4ccnc4)n3)oc(=O)c12.Cc1cccc2nc(-c3cccnc3-n3ccnc3)oc(=O)c12. The third kappa shape index (κ3) is 5.94. The lowest BCUT2D eigenvalue weighted by molar-refractivity contribution is 0.515. The Kier molecular flexibility index (Phi) is 8.31. The second-order valence-corrected chi connectivity index (χ2v) is 10.2. The maximum absolute atomic E-state index is 12.3. The van der Waals surface area contributed by atoms with Gasteiger partial charge in [-0.2, -0.15) is 0 Å². The fourth-order valence-corrected chi connectivity index (χ4v) is 5.02. The average molecular weight is 625 g/mol. The predicted octanol–water partition coefficient (Wildman–Crippen LogP) is 6.12. The number of pyridine rings is 2. The summed E-state index contributed by atoms with van der Waals surface area (Å²) < 4.78 is 14.3. The van der Waals surface area contributed by atoms with Gasteiger partial charge >= 0.3 is 11.3 Å². The zero-order valence-electron chi connectivity index (χ0n) is 24.6. The molecule has 0 saturated carbocycles. The molecule has 6 aromatic heterocycles. The van der Waals surface area contributed by atoms with Crippen molar-refractivity contribution in [2.45, 2.75) is 21.3 Å². The highest BCUT2D eigenvalue weighted by Gasteiger charge is 2.15. The van der Waals surface area contributed by atoms with E-state index in [0.29, 0.717) is 44.7 Å². The van der Waals surface area contributed by atoms with Gasteiger partial charge in [-0.25, -0.2) is 39.5 Å². The highest BCUT2D eigenvalue weighted by atomic mass is 16.4. The van der Waals surface area contributed by atoms with Gasteiger partial charge in [-0.05, 0) is 61.4 Å². The van der Waals surface area contributed by atoms with Crippen molar-refractivity contribution in [1.82, 2.24) is 39.0 Å². The molecule has 232 valence electrons. The first kappa shape index (κ1) is 30.5. The third-order valence-electron chi connectivity index (χ3n) is 7.22. The van der Waals surface area contributed by atoms with Crippen LogP contribution >= 0.6 is 0 Å². The van der Waals surface area contributed by atoms with Gasteiger partial charge < -0.3 is 8.83 Å². The van der Waals surface area contributed by atoms with E-state index in [9.17, 15) is 9.59 Å². The summed E-state index contributed by atoms with van der Waals surface area (Å²) in [6.45, 7) is 3.72. The van der Waals surface area contributed by atoms with Gasteiger partial charge in [-0.1, -0.05) is 37.8 Å². The third-order valence-corrected chi connectivity index (χ3v) is 7.22.